The van der Waals surface area contributed by atoms with Crippen LogP contribution in [-0.2, 0) is 27.6 Å². The van der Waals surface area contributed by atoms with E-state index in [1.807, 2.05) is 62.6 Å². The van der Waals surface area contributed by atoms with Gasteiger partial charge < -0.3 is 20.5 Å². The second kappa shape index (κ2) is 17.5. The molecule has 1 atom stereocenters. The van der Waals surface area contributed by atoms with Crippen LogP contribution in [0.15, 0.2) is 71.6 Å². The van der Waals surface area contributed by atoms with E-state index in [-0.39, 0.29) is 31.0 Å². The summed E-state index contributed by atoms with van der Waals surface area (Å²) in [6.07, 6.45) is 4.35. The number of carboxylic acid groups (broad SMARTS) is 1. The minimum atomic E-state index is -3.25. The van der Waals surface area contributed by atoms with Gasteiger partial charge in [0.1, 0.15) is 0 Å². The van der Waals surface area contributed by atoms with Crippen LogP contribution in [0.4, 0.5) is 0 Å². The van der Waals surface area contributed by atoms with Gasteiger partial charge in [0.2, 0.25) is 0 Å². The third kappa shape index (κ3) is 10.0. The molecule has 3 rings (SSSR count). The van der Waals surface area contributed by atoms with Crippen molar-refractivity contribution in [2.45, 2.75) is 57.0 Å². The van der Waals surface area contributed by atoms with E-state index in [9.17, 15) is 23.1 Å². The first kappa shape index (κ1) is 35.7. The van der Waals surface area contributed by atoms with Gasteiger partial charge in [0, 0.05) is 12.1 Å². The van der Waals surface area contributed by atoms with Crippen LogP contribution in [0.25, 0.3) is 11.1 Å². The third-order valence-electron chi connectivity index (χ3n) is 6.97. The van der Waals surface area contributed by atoms with Gasteiger partial charge in [-0.2, -0.15) is 11.8 Å². The maximum atomic E-state index is 13.4. The molecule has 0 aliphatic carbocycles. The minimum absolute atomic E-state index is 0. The SMILES string of the molecule is CCCCS(=O)(=O)c1ccc(CCNCc2cccc(C(=O)N[C@@H](CCSC)C(=O)[O-])c2-c2ccccc2C)cc1.[Li+]. The maximum Gasteiger partial charge on any atom is 1.00 e. The molecule has 42 heavy (non-hydrogen) atoms. The zero-order valence-corrected chi connectivity index (χ0v) is 26.6. The van der Waals surface area contributed by atoms with Crippen LogP contribution in [0, 0.1) is 6.92 Å². The van der Waals surface area contributed by atoms with Crippen LogP contribution >= 0.6 is 11.8 Å². The second-order valence-electron chi connectivity index (χ2n) is 10.0. The summed E-state index contributed by atoms with van der Waals surface area (Å²) >= 11 is 1.51. The monoisotopic (exact) mass is 602 g/mol. The Balaban J connectivity index is 0.00000616. The second-order valence-corrected chi connectivity index (χ2v) is 13.1. The molecule has 10 heteroatoms. The van der Waals surface area contributed by atoms with Crippen molar-refractivity contribution in [3.05, 3.63) is 89.0 Å². The summed E-state index contributed by atoms with van der Waals surface area (Å²) in [5.74, 6) is -0.995. The summed E-state index contributed by atoms with van der Waals surface area (Å²) in [6.45, 7) is 5.09. The van der Waals surface area contributed by atoms with Gasteiger partial charge in [-0.25, -0.2) is 8.42 Å². The summed E-state index contributed by atoms with van der Waals surface area (Å²) in [5, 5.41) is 17.8. The number of hydrogen-bond donors (Lipinski definition) is 2. The summed E-state index contributed by atoms with van der Waals surface area (Å²) < 4.78 is 24.9. The predicted octanol–water partition coefficient (Wildman–Crippen LogP) is 1.17. The number of carbonyl (C=O) groups is 2. The Hall–Kier alpha value is -2.54. The molecule has 1 amide bonds. The van der Waals surface area contributed by atoms with E-state index in [4.69, 9.17) is 0 Å². The molecule has 2 N–H and O–H groups in total. The number of thioether (sulfide) groups is 1. The maximum absolute atomic E-state index is 13.4. The molecule has 0 bridgehead atoms. The Labute approximate surface area is 266 Å². The average Bonchev–Trinajstić information content (AvgIpc) is 2.96. The number of sulfone groups is 1. The van der Waals surface area contributed by atoms with E-state index in [0.29, 0.717) is 42.1 Å². The van der Waals surface area contributed by atoms with Gasteiger partial charge in [-0.05, 0) is 90.8 Å². The number of amides is 1. The van der Waals surface area contributed by atoms with E-state index in [1.165, 1.54) is 11.8 Å². The van der Waals surface area contributed by atoms with Crippen LogP contribution in [0.5, 0.6) is 0 Å². The summed E-state index contributed by atoms with van der Waals surface area (Å²) in [6, 6.07) is 19.3. The van der Waals surface area contributed by atoms with Crippen LogP contribution in [-0.4, -0.2) is 50.6 Å². The van der Waals surface area contributed by atoms with Crippen LogP contribution in [0.2, 0.25) is 0 Å². The van der Waals surface area contributed by atoms with Crippen molar-refractivity contribution in [1.29, 1.82) is 0 Å². The molecule has 3 aromatic carbocycles. The van der Waals surface area contributed by atoms with E-state index in [2.05, 4.69) is 10.6 Å². The number of aryl methyl sites for hydroxylation is 1. The smallest absolute Gasteiger partial charge is 0.548 e. The van der Waals surface area contributed by atoms with E-state index >= 15 is 0 Å². The van der Waals surface area contributed by atoms with Gasteiger partial charge in [0.25, 0.3) is 5.91 Å². The molecule has 0 aliphatic rings. The number of nitrogens with one attached hydrogen (secondary N) is 2. The number of carboxylic acids is 1. The normalized spacial score (nSPS) is 11.9. The Kier molecular flexibility index (Phi) is 14.9. The van der Waals surface area contributed by atoms with Gasteiger partial charge in [-0.1, -0.05) is 61.9 Å². The van der Waals surface area contributed by atoms with Crippen molar-refractivity contribution in [2.75, 3.05) is 24.3 Å². The fourth-order valence-electron chi connectivity index (χ4n) is 4.60. The number of unbranched alkanes of at least 4 members (excludes halogenated alkanes) is 1. The number of rotatable bonds is 16. The summed E-state index contributed by atoms with van der Waals surface area (Å²) in [7, 11) is -3.25. The van der Waals surface area contributed by atoms with Gasteiger partial charge in [-0.15, -0.1) is 0 Å². The zero-order valence-electron chi connectivity index (χ0n) is 24.9. The standard InChI is InChI=1S/C32H40N2O5S2.Li/c1-4-5-21-41(38,39)26-15-13-24(14-16-26)17-19-33-22-25-10-8-12-28(30(25)27-11-7-6-9-23(27)2)31(35)34-29(32(36)37)18-20-40-3;/h6-16,29,33H,4-5,17-22H2,1-3H3,(H,34,35)(H,36,37);/q;+1/p-1/t29-;/m0./s1. The molecule has 0 aromatic heterocycles. The number of aliphatic carboxylic acids is 1. The minimum Gasteiger partial charge on any atom is -0.548 e. The quantitative estimate of drug-likeness (QED) is 0.187. The van der Waals surface area contributed by atoms with Crippen molar-refractivity contribution >= 4 is 33.5 Å². The molecule has 0 radical (unpaired) electrons. The van der Waals surface area contributed by atoms with Gasteiger partial charge in [0.15, 0.2) is 9.84 Å². The first-order valence-electron chi connectivity index (χ1n) is 13.9. The molecule has 0 fully saturated rings. The molecule has 0 heterocycles. The Morgan fingerprint density at radius 1 is 1.00 bits per heavy atom. The Morgan fingerprint density at radius 3 is 2.36 bits per heavy atom. The van der Waals surface area contributed by atoms with Crippen LogP contribution in [0.1, 0.15) is 53.2 Å². The molecule has 0 saturated heterocycles. The molecule has 0 aliphatic heterocycles. The topological polar surface area (TPSA) is 115 Å². The number of hydrogen-bond acceptors (Lipinski definition) is 7. The van der Waals surface area contributed by atoms with Crippen molar-refractivity contribution in [1.82, 2.24) is 10.6 Å². The van der Waals surface area contributed by atoms with Crippen molar-refractivity contribution in [2.24, 2.45) is 0 Å². The largest absolute Gasteiger partial charge is 1.00 e. The molecule has 0 unspecified atom stereocenters. The van der Waals surface area contributed by atoms with Crippen molar-refractivity contribution in [3.8, 4) is 11.1 Å². The molecule has 0 saturated carbocycles. The molecule has 0 spiro atoms. The predicted molar refractivity (Wildman–Crippen MR) is 165 cm³/mol. The fraction of sp³-hybridized carbons (Fsp3) is 0.375. The van der Waals surface area contributed by atoms with Gasteiger partial charge in [0.05, 0.1) is 22.7 Å². The Bertz CT molecular complexity index is 1430. The van der Waals surface area contributed by atoms with Crippen molar-refractivity contribution < 1.29 is 42.0 Å². The van der Waals surface area contributed by atoms with Gasteiger partial charge >= 0.3 is 18.9 Å². The Morgan fingerprint density at radius 2 is 1.71 bits per heavy atom. The molecule has 3 aromatic rings. The third-order valence-corrected chi connectivity index (χ3v) is 9.43. The number of benzene rings is 3. The van der Waals surface area contributed by atoms with Crippen LogP contribution in [0.3, 0.4) is 0 Å². The molecular formula is C32H39LiN2O5S2. The molecule has 7 nitrogen and oxygen atoms in total. The average molecular weight is 603 g/mol. The summed E-state index contributed by atoms with van der Waals surface area (Å²) in [5.41, 5.74) is 5.02. The fourth-order valence-corrected chi connectivity index (χ4v) is 6.53. The van der Waals surface area contributed by atoms with E-state index in [0.717, 1.165) is 34.2 Å². The van der Waals surface area contributed by atoms with E-state index < -0.39 is 27.8 Å². The molecular weight excluding hydrogens is 563 g/mol. The van der Waals surface area contributed by atoms with Gasteiger partial charge in [-0.3, -0.25) is 4.79 Å². The first-order valence-corrected chi connectivity index (χ1v) is 16.9. The zero-order chi connectivity index (χ0) is 29.8. The van der Waals surface area contributed by atoms with Crippen LogP contribution < -0.4 is 34.6 Å². The summed E-state index contributed by atoms with van der Waals surface area (Å²) in [4.78, 5) is 25.4. The molecule has 220 valence electrons. The first-order chi connectivity index (χ1) is 19.7. The number of carbonyl (C=O) groups excluding carboxylic acids is 2. The van der Waals surface area contributed by atoms with Crippen molar-refractivity contribution in [3.63, 3.8) is 0 Å². The van der Waals surface area contributed by atoms with E-state index in [1.54, 1.807) is 24.3 Å².